The highest BCUT2D eigenvalue weighted by Crippen LogP contribution is 2.52. The first-order valence-corrected chi connectivity index (χ1v) is 8.62. The van der Waals surface area contributed by atoms with Gasteiger partial charge >= 0.3 is 0 Å². The fourth-order valence-corrected chi connectivity index (χ4v) is 4.57. The van der Waals surface area contributed by atoms with Crippen LogP contribution in [-0.4, -0.2) is 11.1 Å². The standard InChI is InChI=1S/C16H15N3OS2/c17-11-5-12(20)8-2-4-10-14(22-19)6-13(21-18)9-3-1-7(11)15(8)16(9)10/h1-6,11,16,20H,17-19H2. The van der Waals surface area contributed by atoms with Crippen LogP contribution in [0.15, 0.2) is 79.9 Å². The minimum Gasteiger partial charge on any atom is -0.508 e. The van der Waals surface area contributed by atoms with Gasteiger partial charge in [-0.15, -0.1) is 0 Å². The van der Waals surface area contributed by atoms with E-state index in [4.69, 9.17) is 16.0 Å². The molecular formula is C16H15N3OS2. The molecule has 2 unspecified atom stereocenters. The van der Waals surface area contributed by atoms with Crippen molar-refractivity contribution < 1.29 is 5.11 Å². The van der Waals surface area contributed by atoms with Gasteiger partial charge in [0.1, 0.15) is 5.76 Å². The molecule has 0 aromatic heterocycles. The van der Waals surface area contributed by atoms with E-state index in [1.54, 1.807) is 6.08 Å². The Bertz CT molecular complexity index is 796. The normalized spacial score (nSPS) is 28.9. The predicted molar refractivity (Wildman–Crippen MR) is 93.2 cm³/mol. The molecule has 0 saturated carbocycles. The summed E-state index contributed by atoms with van der Waals surface area (Å²) in [4.78, 5) is 2.00. The lowest BCUT2D eigenvalue weighted by Gasteiger charge is -2.39. The van der Waals surface area contributed by atoms with Gasteiger partial charge in [0.15, 0.2) is 0 Å². The zero-order chi connectivity index (χ0) is 15.4. The molecule has 2 atom stereocenters. The molecule has 0 aromatic rings. The molecule has 4 rings (SSSR count). The van der Waals surface area contributed by atoms with Crippen molar-refractivity contribution in [1.29, 1.82) is 0 Å². The van der Waals surface area contributed by atoms with Crippen LogP contribution in [-0.2, 0) is 0 Å². The Labute approximate surface area is 137 Å². The van der Waals surface area contributed by atoms with Gasteiger partial charge in [0, 0.05) is 21.3 Å². The van der Waals surface area contributed by atoms with Crippen molar-refractivity contribution in [3.63, 3.8) is 0 Å². The predicted octanol–water partition coefficient (Wildman–Crippen LogP) is 2.48. The van der Waals surface area contributed by atoms with Gasteiger partial charge in [0.05, 0.1) is 6.04 Å². The Balaban J connectivity index is 2.01. The van der Waals surface area contributed by atoms with E-state index in [1.165, 1.54) is 23.9 Å². The maximum Gasteiger partial charge on any atom is 0.121 e. The zero-order valence-corrected chi connectivity index (χ0v) is 13.2. The largest absolute Gasteiger partial charge is 0.508 e. The summed E-state index contributed by atoms with van der Waals surface area (Å²) < 4.78 is 0. The van der Waals surface area contributed by atoms with Gasteiger partial charge in [-0.05, 0) is 58.3 Å². The van der Waals surface area contributed by atoms with Gasteiger partial charge in [-0.3, -0.25) is 10.3 Å². The fraction of sp³-hybridized carbons (Fsp3) is 0.125. The first kappa shape index (κ1) is 14.2. The molecule has 0 saturated heterocycles. The minimum absolute atomic E-state index is 0.0454. The summed E-state index contributed by atoms with van der Waals surface area (Å²) in [5.41, 5.74) is 11.4. The first-order valence-electron chi connectivity index (χ1n) is 6.86. The maximum absolute atomic E-state index is 10.3. The van der Waals surface area contributed by atoms with Crippen molar-refractivity contribution in [2.24, 2.45) is 21.9 Å². The van der Waals surface area contributed by atoms with Crippen LogP contribution in [0, 0.1) is 5.92 Å². The van der Waals surface area contributed by atoms with Gasteiger partial charge < -0.3 is 10.8 Å². The van der Waals surface area contributed by atoms with Gasteiger partial charge in [0.25, 0.3) is 0 Å². The molecule has 6 heteroatoms. The molecule has 0 bridgehead atoms. The molecular weight excluding hydrogens is 314 g/mol. The highest BCUT2D eigenvalue weighted by atomic mass is 32.2. The molecule has 0 amide bonds. The van der Waals surface area contributed by atoms with Crippen LogP contribution in [0.1, 0.15) is 0 Å². The Hall–Kier alpha value is -1.44. The van der Waals surface area contributed by atoms with Crippen molar-refractivity contribution in [3.8, 4) is 0 Å². The van der Waals surface area contributed by atoms with Crippen molar-refractivity contribution in [2.75, 3.05) is 0 Å². The van der Waals surface area contributed by atoms with E-state index in [2.05, 4.69) is 6.08 Å². The molecule has 0 radical (unpaired) electrons. The van der Waals surface area contributed by atoms with Gasteiger partial charge in [0.2, 0.25) is 0 Å². The fourth-order valence-electron chi connectivity index (χ4n) is 3.48. The molecule has 4 aliphatic carbocycles. The molecule has 22 heavy (non-hydrogen) atoms. The lowest BCUT2D eigenvalue weighted by molar-refractivity contribution is 0.416. The first-order chi connectivity index (χ1) is 10.7. The second kappa shape index (κ2) is 5.04. The second-order valence-corrected chi connectivity index (χ2v) is 6.83. The quantitative estimate of drug-likeness (QED) is 0.581. The van der Waals surface area contributed by atoms with Crippen LogP contribution in [0.5, 0.6) is 0 Å². The summed E-state index contributed by atoms with van der Waals surface area (Å²) in [7, 11) is 0. The molecule has 0 fully saturated rings. The highest BCUT2D eigenvalue weighted by molar-refractivity contribution is 8.02. The average molecular weight is 329 g/mol. The smallest absolute Gasteiger partial charge is 0.121 e. The second-order valence-electron chi connectivity index (χ2n) is 5.48. The van der Waals surface area contributed by atoms with Crippen LogP contribution in [0.4, 0.5) is 0 Å². The monoisotopic (exact) mass is 329 g/mol. The lowest BCUT2D eigenvalue weighted by Crippen LogP contribution is -2.32. The topological polar surface area (TPSA) is 98.3 Å². The Kier molecular flexibility index (Phi) is 3.25. The molecule has 0 spiro atoms. The molecule has 0 aliphatic heterocycles. The Morgan fingerprint density at radius 1 is 1.05 bits per heavy atom. The average Bonchev–Trinajstić information content (AvgIpc) is 2.54. The lowest BCUT2D eigenvalue weighted by atomic mass is 9.68. The number of aliphatic hydroxyl groups excluding tert-OH is 1. The summed E-state index contributed by atoms with van der Waals surface area (Å²) >= 11 is 2.45. The third kappa shape index (κ3) is 1.79. The van der Waals surface area contributed by atoms with Crippen molar-refractivity contribution >= 4 is 23.9 Å². The number of allylic oxidation sites excluding steroid dienone is 7. The minimum atomic E-state index is -0.293. The molecule has 0 aromatic carbocycles. The number of hydrogen-bond acceptors (Lipinski definition) is 6. The number of rotatable bonds is 2. The zero-order valence-electron chi connectivity index (χ0n) is 11.6. The summed E-state index contributed by atoms with van der Waals surface area (Å²) in [6.07, 6.45) is 11.8. The molecule has 7 N–H and O–H groups in total. The van der Waals surface area contributed by atoms with Crippen LogP contribution in [0.25, 0.3) is 0 Å². The van der Waals surface area contributed by atoms with E-state index < -0.39 is 0 Å². The van der Waals surface area contributed by atoms with E-state index in [0.717, 1.165) is 37.7 Å². The Morgan fingerprint density at radius 3 is 2.55 bits per heavy atom. The van der Waals surface area contributed by atoms with Crippen LogP contribution < -0.4 is 16.0 Å². The summed E-state index contributed by atoms with van der Waals surface area (Å²) in [6, 6.07) is -0.293. The van der Waals surface area contributed by atoms with E-state index >= 15 is 0 Å². The van der Waals surface area contributed by atoms with E-state index in [9.17, 15) is 5.11 Å². The summed E-state index contributed by atoms with van der Waals surface area (Å²) in [5, 5.41) is 22.0. The third-order valence-electron chi connectivity index (χ3n) is 4.44. The van der Waals surface area contributed by atoms with Crippen molar-refractivity contribution in [2.45, 2.75) is 6.04 Å². The number of aliphatic hydroxyl groups is 1. The molecule has 0 heterocycles. The third-order valence-corrected chi connectivity index (χ3v) is 5.66. The van der Waals surface area contributed by atoms with Gasteiger partial charge in [-0.25, -0.2) is 0 Å². The molecule has 4 aliphatic rings. The summed E-state index contributed by atoms with van der Waals surface area (Å²) in [6.45, 7) is 0. The molecule has 4 nitrogen and oxygen atoms in total. The number of nitrogens with two attached hydrogens (primary N) is 3. The van der Waals surface area contributed by atoms with E-state index in [-0.39, 0.29) is 17.7 Å². The van der Waals surface area contributed by atoms with Crippen LogP contribution in [0.2, 0.25) is 0 Å². The van der Waals surface area contributed by atoms with E-state index in [0.29, 0.717) is 0 Å². The van der Waals surface area contributed by atoms with Crippen molar-refractivity contribution in [3.05, 3.63) is 79.9 Å². The van der Waals surface area contributed by atoms with E-state index in [1.807, 2.05) is 24.3 Å². The highest BCUT2D eigenvalue weighted by Gasteiger charge is 2.39. The van der Waals surface area contributed by atoms with Crippen molar-refractivity contribution in [1.82, 2.24) is 0 Å². The van der Waals surface area contributed by atoms with Gasteiger partial charge in [-0.1, -0.05) is 24.3 Å². The Morgan fingerprint density at radius 2 is 1.82 bits per heavy atom. The van der Waals surface area contributed by atoms with Crippen LogP contribution in [0.3, 0.4) is 0 Å². The SMILES string of the molecule is NSC1=CC(SN)=C2C=CC3=C4C(=CC=C1C24)C(O)=CC3N. The number of hydrogen-bond donors (Lipinski definition) is 4. The summed E-state index contributed by atoms with van der Waals surface area (Å²) in [5.74, 6) is 0.290. The molecule has 112 valence electrons. The maximum atomic E-state index is 10.3. The van der Waals surface area contributed by atoms with Crippen LogP contribution >= 0.6 is 23.9 Å². The van der Waals surface area contributed by atoms with Gasteiger partial charge in [-0.2, -0.15) is 0 Å².